The minimum absolute atomic E-state index is 0.0378. The number of aliphatic hydroxyl groups excluding tert-OH is 1. The van der Waals surface area contributed by atoms with Gasteiger partial charge in [-0.25, -0.2) is 0 Å². The van der Waals surface area contributed by atoms with Gasteiger partial charge in [0.2, 0.25) is 0 Å². The molecule has 1 heterocycles. The number of benzene rings is 3. The Balaban J connectivity index is 1.88. The maximum atomic E-state index is 13.2. The summed E-state index contributed by atoms with van der Waals surface area (Å²) in [7, 11) is 1.57. The topological polar surface area (TPSA) is 76.1 Å². The number of hydrogen-bond donors (Lipinski definition) is 1. The summed E-state index contributed by atoms with van der Waals surface area (Å²) in [6.07, 6.45) is 0. The van der Waals surface area contributed by atoms with Crippen molar-refractivity contribution >= 4 is 23.1 Å². The van der Waals surface area contributed by atoms with Crippen molar-refractivity contribution in [2.45, 2.75) is 19.9 Å². The van der Waals surface area contributed by atoms with Gasteiger partial charge in [0.15, 0.2) is 0 Å². The first-order valence-electron chi connectivity index (χ1n) is 10.7. The highest BCUT2D eigenvalue weighted by molar-refractivity contribution is 6.51. The Morgan fingerprint density at radius 3 is 2.24 bits per heavy atom. The van der Waals surface area contributed by atoms with Crippen molar-refractivity contribution in [2.24, 2.45) is 0 Å². The molecule has 1 unspecified atom stereocenters. The summed E-state index contributed by atoms with van der Waals surface area (Å²) in [6, 6.07) is 20.5. The minimum Gasteiger partial charge on any atom is -0.507 e. The number of aryl methyl sites for hydroxylation is 1. The standard InChI is InChI=1S/C27H25NO5/c1-4-33-22-14-10-19(11-15-22)25(29)23-24(18-8-12-21(32-3)13-9-18)28(27(31)26(23)30)20-7-5-6-17(2)16-20/h5-16,24,29H,4H2,1-3H3/b25-23+. The second kappa shape index (κ2) is 9.20. The van der Waals surface area contributed by atoms with E-state index in [0.717, 1.165) is 5.56 Å². The maximum Gasteiger partial charge on any atom is 0.300 e. The highest BCUT2D eigenvalue weighted by Gasteiger charge is 2.47. The Hall–Kier alpha value is -4.06. The molecule has 0 spiro atoms. The zero-order valence-corrected chi connectivity index (χ0v) is 18.7. The van der Waals surface area contributed by atoms with Crippen LogP contribution in [0.25, 0.3) is 5.76 Å². The number of anilines is 1. The number of amides is 1. The van der Waals surface area contributed by atoms with Gasteiger partial charge in [-0.3, -0.25) is 14.5 Å². The third-order valence-electron chi connectivity index (χ3n) is 5.59. The Morgan fingerprint density at radius 2 is 1.64 bits per heavy atom. The van der Waals surface area contributed by atoms with Crippen LogP contribution < -0.4 is 14.4 Å². The third-order valence-corrected chi connectivity index (χ3v) is 5.59. The molecule has 0 bridgehead atoms. The van der Waals surface area contributed by atoms with Gasteiger partial charge in [-0.2, -0.15) is 0 Å². The number of hydrogen-bond acceptors (Lipinski definition) is 5. The van der Waals surface area contributed by atoms with E-state index < -0.39 is 17.7 Å². The molecule has 168 valence electrons. The number of rotatable bonds is 6. The first-order valence-corrected chi connectivity index (χ1v) is 10.7. The van der Waals surface area contributed by atoms with Gasteiger partial charge in [0.1, 0.15) is 17.3 Å². The Kier molecular flexibility index (Phi) is 6.18. The SMILES string of the molecule is CCOc1ccc(/C(O)=C2\C(=O)C(=O)N(c3cccc(C)c3)C2c2ccc(OC)cc2)cc1. The molecule has 1 N–H and O–H groups in total. The van der Waals surface area contributed by atoms with Gasteiger partial charge in [-0.05, 0) is 73.5 Å². The van der Waals surface area contributed by atoms with E-state index in [-0.39, 0.29) is 11.3 Å². The van der Waals surface area contributed by atoms with Crippen LogP contribution in [0.5, 0.6) is 11.5 Å². The van der Waals surface area contributed by atoms with Crippen molar-refractivity contribution < 1.29 is 24.2 Å². The normalized spacial score (nSPS) is 17.3. The second-order valence-corrected chi connectivity index (χ2v) is 7.74. The lowest BCUT2D eigenvalue weighted by molar-refractivity contribution is -0.132. The van der Waals surface area contributed by atoms with Crippen LogP contribution in [-0.2, 0) is 9.59 Å². The first kappa shape index (κ1) is 22.1. The summed E-state index contributed by atoms with van der Waals surface area (Å²) in [5, 5.41) is 11.2. The smallest absolute Gasteiger partial charge is 0.300 e. The van der Waals surface area contributed by atoms with Gasteiger partial charge in [-0.1, -0.05) is 24.3 Å². The van der Waals surface area contributed by atoms with Crippen molar-refractivity contribution in [3.05, 3.63) is 95.1 Å². The van der Waals surface area contributed by atoms with Crippen LogP contribution in [0.1, 0.15) is 29.7 Å². The molecule has 0 saturated carbocycles. The molecular formula is C27H25NO5. The number of nitrogens with zero attached hydrogens (tertiary/aromatic N) is 1. The maximum absolute atomic E-state index is 13.2. The molecule has 1 saturated heterocycles. The molecule has 1 aliphatic heterocycles. The fourth-order valence-corrected chi connectivity index (χ4v) is 4.01. The van der Waals surface area contributed by atoms with Crippen LogP contribution in [-0.4, -0.2) is 30.5 Å². The first-order chi connectivity index (χ1) is 15.9. The van der Waals surface area contributed by atoms with E-state index in [2.05, 4.69) is 0 Å². The van der Waals surface area contributed by atoms with E-state index in [1.54, 1.807) is 61.7 Å². The largest absolute Gasteiger partial charge is 0.507 e. The van der Waals surface area contributed by atoms with Crippen molar-refractivity contribution in [1.82, 2.24) is 0 Å². The van der Waals surface area contributed by atoms with Crippen molar-refractivity contribution in [2.75, 3.05) is 18.6 Å². The zero-order chi connectivity index (χ0) is 23.5. The molecule has 1 atom stereocenters. The van der Waals surface area contributed by atoms with Gasteiger partial charge in [0.05, 0.1) is 25.3 Å². The molecule has 3 aromatic rings. The van der Waals surface area contributed by atoms with E-state index in [9.17, 15) is 14.7 Å². The van der Waals surface area contributed by atoms with E-state index in [1.165, 1.54) is 4.90 Å². The summed E-state index contributed by atoms with van der Waals surface area (Å²) >= 11 is 0. The van der Waals surface area contributed by atoms with Gasteiger partial charge >= 0.3 is 0 Å². The van der Waals surface area contributed by atoms with Crippen LogP contribution in [0.3, 0.4) is 0 Å². The number of carbonyl (C=O) groups is 2. The Morgan fingerprint density at radius 1 is 0.970 bits per heavy atom. The molecule has 0 aliphatic carbocycles. The number of methoxy groups -OCH3 is 1. The predicted molar refractivity (Wildman–Crippen MR) is 127 cm³/mol. The average molecular weight is 443 g/mol. The molecule has 0 radical (unpaired) electrons. The quantitative estimate of drug-likeness (QED) is 0.329. The van der Waals surface area contributed by atoms with Gasteiger partial charge in [0.25, 0.3) is 11.7 Å². The van der Waals surface area contributed by atoms with Crippen LogP contribution in [0.4, 0.5) is 5.69 Å². The lowest BCUT2D eigenvalue weighted by atomic mass is 9.95. The van der Waals surface area contributed by atoms with E-state index >= 15 is 0 Å². The molecule has 33 heavy (non-hydrogen) atoms. The van der Waals surface area contributed by atoms with Crippen molar-refractivity contribution in [1.29, 1.82) is 0 Å². The van der Waals surface area contributed by atoms with Gasteiger partial charge in [-0.15, -0.1) is 0 Å². The monoisotopic (exact) mass is 443 g/mol. The molecular weight excluding hydrogens is 418 g/mol. The van der Waals surface area contributed by atoms with Gasteiger partial charge < -0.3 is 14.6 Å². The third kappa shape index (κ3) is 4.20. The van der Waals surface area contributed by atoms with Crippen molar-refractivity contribution in [3.63, 3.8) is 0 Å². The molecule has 6 heteroatoms. The lowest BCUT2D eigenvalue weighted by Gasteiger charge is -2.26. The number of Topliss-reactive ketones (excluding diaryl/α,β-unsaturated/α-hetero) is 1. The molecule has 3 aromatic carbocycles. The Labute approximate surface area is 192 Å². The summed E-state index contributed by atoms with van der Waals surface area (Å²) in [5.41, 5.74) is 2.69. The number of ketones is 1. The minimum atomic E-state index is -0.788. The zero-order valence-electron chi connectivity index (χ0n) is 18.7. The molecule has 6 nitrogen and oxygen atoms in total. The summed E-state index contributed by atoms with van der Waals surface area (Å²) < 4.78 is 10.7. The fourth-order valence-electron chi connectivity index (χ4n) is 4.01. The average Bonchev–Trinajstić information content (AvgIpc) is 3.10. The van der Waals surface area contributed by atoms with Crippen LogP contribution in [0.2, 0.25) is 0 Å². The number of carbonyl (C=O) groups excluding carboxylic acids is 2. The molecule has 1 amide bonds. The highest BCUT2D eigenvalue weighted by Crippen LogP contribution is 2.42. The molecule has 1 fully saturated rings. The molecule has 4 rings (SSSR count). The highest BCUT2D eigenvalue weighted by atomic mass is 16.5. The van der Waals surface area contributed by atoms with Gasteiger partial charge in [0, 0.05) is 11.3 Å². The second-order valence-electron chi connectivity index (χ2n) is 7.74. The van der Waals surface area contributed by atoms with Crippen LogP contribution >= 0.6 is 0 Å². The lowest BCUT2D eigenvalue weighted by Crippen LogP contribution is -2.29. The van der Waals surface area contributed by atoms with E-state index in [1.807, 2.05) is 32.0 Å². The number of aliphatic hydroxyl groups is 1. The molecule has 0 aromatic heterocycles. The predicted octanol–water partition coefficient (Wildman–Crippen LogP) is 5.03. The fraction of sp³-hybridized carbons (Fsp3) is 0.185. The van der Waals surface area contributed by atoms with E-state index in [0.29, 0.717) is 34.9 Å². The number of ether oxygens (including phenoxy) is 2. The summed E-state index contributed by atoms with van der Waals surface area (Å²) in [6.45, 7) is 4.32. The summed E-state index contributed by atoms with van der Waals surface area (Å²) in [4.78, 5) is 27.8. The molecule has 1 aliphatic rings. The summed E-state index contributed by atoms with van der Waals surface area (Å²) in [5.74, 6) is -0.344. The van der Waals surface area contributed by atoms with Crippen LogP contribution in [0.15, 0.2) is 78.4 Å². The van der Waals surface area contributed by atoms with Crippen molar-refractivity contribution in [3.8, 4) is 11.5 Å². The van der Waals surface area contributed by atoms with Crippen LogP contribution in [0, 0.1) is 6.92 Å². The van der Waals surface area contributed by atoms with E-state index in [4.69, 9.17) is 9.47 Å². The Bertz CT molecular complexity index is 1210.